The summed E-state index contributed by atoms with van der Waals surface area (Å²) in [5, 5.41) is 12.1. The third kappa shape index (κ3) is 2.55. The number of nitrogens with zero attached hydrogens (tertiary/aromatic N) is 2. The van der Waals surface area contributed by atoms with Gasteiger partial charge in [0.15, 0.2) is 0 Å². The van der Waals surface area contributed by atoms with Gasteiger partial charge >= 0.3 is 0 Å². The Balaban J connectivity index is 1.68. The third-order valence-corrected chi connectivity index (χ3v) is 5.93. The number of hydrogen-bond donors (Lipinski definition) is 2. The van der Waals surface area contributed by atoms with Crippen LogP contribution in [0.1, 0.15) is 39.3 Å². The Morgan fingerprint density at radius 3 is 2.56 bits per heavy atom. The van der Waals surface area contributed by atoms with Gasteiger partial charge in [0.05, 0.1) is 16.9 Å². The number of fused-ring (bicyclic) bond motifs is 1. The van der Waals surface area contributed by atoms with Crippen molar-refractivity contribution < 1.29 is 9.18 Å². The maximum atomic E-state index is 13.1. The zero-order valence-electron chi connectivity index (χ0n) is 13.9. The largest absolute Gasteiger partial charge is 0.397 e. The van der Waals surface area contributed by atoms with Gasteiger partial charge in [-0.05, 0) is 49.9 Å². The van der Waals surface area contributed by atoms with E-state index in [4.69, 9.17) is 5.73 Å². The molecule has 7 heteroatoms. The third-order valence-electron chi connectivity index (χ3n) is 4.84. The zero-order chi connectivity index (χ0) is 17.8. The lowest BCUT2D eigenvalue weighted by molar-refractivity contribution is 0.0936. The van der Waals surface area contributed by atoms with Crippen molar-refractivity contribution in [2.24, 2.45) is 0 Å². The standard InChI is InChI=1S/C18H17FN4OS/c1-9-10(2)22-23-17-13(9)14(20)15(25-17)16(24)21-18(7-8-18)11-3-5-12(19)6-4-11/h3-6H,7-8,20H2,1-2H3,(H,21,24). The molecule has 1 aromatic carbocycles. The quantitative estimate of drug-likeness (QED) is 0.753. The van der Waals surface area contributed by atoms with Crippen LogP contribution in [-0.4, -0.2) is 16.1 Å². The first-order valence-corrected chi connectivity index (χ1v) is 8.83. The number of carbonyl (C=O) groups excluding carboxylic acids is 1. The van der Waals surface area contributed by atoms with Crippen LogP contribution in [0.5, 0.6) is 0 Å². The van der Waals surface area contributed by atoms with E-state index >= 15 is 0 Å². The van der Waals surface area contributed by atoms with Crippen molar-refractivity contribution in [1.29, 1.82) is 0 Å². The summed E-state index contributed by atoms with van der Waals surface area (Å²) in [6.07, 6.45) is 1.65. The van der Waals surface area contributed by atoms with Crippen molar-refractivity contribution >= 4 is 33.1 Å². The average Bonchev–Trinajstić information content (AvgIpc) is 3.28. The molecule has 0 spiro atoms. The number of nitrogens with two attached hydrogens (primary N) is 1. The number of amides is 1. The van der Waals surface area contributed by atoms with Gasteiger partial charge in [-0.3, -0.25) is 4.79 Å². The fourth-order valence-corrected chi connectivity index (χ4v) is 4.06. The molecule has 0 bridgehead atoms. The minimum Gasteiger partial charge on any atom is -0.397 e. The molecule has 1 amide bonds. The number of thiophene rings is 1. The molecule has 0 saturated heterocycles. The molecule has 0 radical (unpaired) electrons. The highest BCUT2D eigenvalue weighted by Gasteiger charge is 2.46. The highest BCUT2D eigenvalue weighted by Crippen LogP contribution is 2.46. The second-order valence-electron chi connectivity index (χ2n) is 6.48. The number of benzene rings is 1. The molecule has 1 aliphatic rings. The van der Waals surface area contributed by atoms with Gasteiger partial charge in [-0.2, -0.15) is 5.10 Å². The first kappa shape index (κ1) is 16.0. The maximum absolute atomic E-state index is 13.1. The molecular weight excluding hydrogens is 339 g/mol. The van der Waals surface area contributed by atoms with Gasteiger partial charge in [-0.1, -0.05) is 12.1 Å². The number of aryl methyl sites for hydroxylation is 2. The molecule has 5 nitrogen and oxygen atoms in total. The minimum absolute atomic E-state index is 0.223. The zero-order valence-corrected chi connectivity index (χ0v) is 14.7. The number of hydrogen-bond acceptors (Lipinski definition) is 5. The summed E-state index contributed by atoms with van der Waals surface area (Å²) < 4.78 is 13.1. The molecule has 2 heterocycles. The summed E-state index contributed by atoms with van der Waals surface area (Å²) in [7, 11) is 0. The van der Waals surface area contributed by atoms with Gasteiger partial charge in [0.25, 0.3) is 5.91 Å². The number of carbonyl (C=O) groups is 1. The van der Waals surface area contributed by atoms with E-state index in [1.54, 1.807) is 12.1 Å². The molecular formula is C18H17FN4OS. The summed E-state index contributed by atoms with van der Waals surface area (Å²) in [5.74, 6) is -0.511. The van der Waals surface area contributed by atoms with E-state index in [0.29, 0.717) is 15.4 Å². The lowest BCUT2D eigenvalue weighted by Crippen LogP contribution is -2.34. The first-order chi connectivity index (χ1) is 11.9. The Kier molecular flexibility index (Phi) is 3.50. The molecule has 0 unspecified atom stereocenters. The predicted molar refractivity (Wildman–Crippen MR) is 96.1 cm³/mol. The molecule has 0 atom stereocenters. The molecule has 0 aliphatic heterocycles. The lowest BCUT2D eigenvalue weighted by atomic mass is 10.0. The summed E-state index contributed by atoms with van der Waals surface area (Å²) >= 11 is 1.25. The van der Waals surface area contributed by atoms with E-state index in [2.05, 4.69) is 15.5 Å². The van der Waals surface area contributed by atoms with Crippen molar-refractivity contribution in [1.82, 2.24) is 15.5 Å². The van der Waals surface area contributed by atoms with Gasteiger partial charge in [0.1, 0.15) is 15.5 Å². The van der Waals surface area contributed by atoms with Crippen LogP contribution in [0.4, 0.5) is 10.1 Å². The van der Waals surface area contributed by atoms with Gasteiger partial charge in [0, 0.05) is 5.39 Å². The predicted octanol–water partition coefficient (Wildman–Crippen LogP) is 3.45. The second-order valence-corrected chi connectivity index (χ2v) is 7.48. The number of rotatable bonds is 3. The highest BCUT2D eigenvalue weighted by atomic mass is 32.1. The lowest BCUT2D eigenvalue weighted by Gasteiger charge is -2.17. The number of aromatic nitrogens is 2. The molecule has 1 fully saturated rings. The van der Waals surface area contributed by atoms with Gasteiger partial charge in [0.2, 0.25) is 0 Å². The summed E-state index contributed by atoms with van der Waals surface area (Å²) in [5.41, 5.74) is 8.91. The minimum atomic E-state index is -0.427. The first-order valence-electron chi connectivity index (χ1n) is 8.02. The molecule has 1 aliphatic carbocycles. The van der Waals surface area contributed by atoms with Crippen LogP contribution in [0, 0.1) is 19.7 Å². The van der Waals surface area contributed by atoms with Crippen LogP contribution in [0.2, 0.25) is 0 Å². The van der Waals surface area contributed by atoms with Crippen LogP contribution in [0.25, 0.3) is 10.2 Å². The topological polar surface area (TPSA) is 80.9 Å². The smallest absolute Gasteiger partial charge is 0.264 e. The Morgan fingerprint density at radius 1 is 1.24 bits per heavy atom. The van der Waals surface area contributed by atoms with Crippen LogP contribution in [0.15, 0.2) is 24.3 Å². The number of nitrogens with one attached hydrogen (secondary N) is 1. The van der Waals surface area contributed by atoms with Gasteiger partial charge < -0.3 is 11.1 Å². The van der Waals surface area contributed by atoms with E-state index < -0.39 is 5.54 Å². The molecule has 3 aromatic rings. The van der Waals surface area contributed by atoms with Crippen LogP contribution >= 0.6 is 11.3 Å². The van der Waals surface area contributed by atoms with E-state index in [9.17, 15) is 9.18 Å². The second kappa shape index (κ2) is 5.49. The van der Waals surface area contributed by atoms with E-state index in [1.165, 1.54) is 23.5 Å². The van der Waals surface area contributed by atoms with Crippen molar-refractivity contribution in [2.75, 3.05) is 5.73 Å². The molecule has 4 rings (SSSR count). The maximum Gasteiger partial charge on any atom is 0.264 e. The van der Waals surface area contributed by atoms with Crippen molar-refractivity contribution in [3.63, 3.8) is 0 Å². The Hall–Kier alpha value is -2.54. The molecule has 128 valence electrons. The van der Waals surface area contributed by atoms with Crippen LogP contribution in [-0.2, 0) is 5.54 Å². The normalized spacial score (nSPS) is 15.3. The van der Waals surface area contributed by atoms with E-state index in [-0.39, 0.29) is 11.7 Å². The highest BCUT2D eigenvalue weighted by molar-refractivity contribution is 7.21. The van der Waals surface area contributed by atoms with Gasteiger partial charge in [-0.15, -0.1) is 16.4 Å². The molecule has 2 aromatic heterocycles. The average molecular weight is 356 g/mol. The SMILES string of the molecule is Cc1nnc2sc(C(=O)NC3(c4ccc(F)cc4)CC3)c(N)c2c1C. The molecule has 25 heavy (non-hydrogen) atoms. The Labute approximate surface area is 148 Å². The van der Waals surface area contributed by atoms with Crippen LogP contribution in [0.3, 0.4) is 0 Å². The van der Waals surface area contributed by atoms with E-state index in [1.807, 2.05) is 13.8 Å². The summed E-state index contributed by atoms with van der Waals surface area (Å²) in [4.78, 5) is 13.9. The monoisotopic (exact) mass is 356 g/mol. The number of nitrogen functional groups attached to an aromatic ring is 1. The number of halogens is 1. The van der Waals surface area contributed by atoms with Crippen molar-refractivity contribution in [2.45, 2.75) is 32.2 Å². The number of anilines is 1. The Bertz CT molecular complexity index is 992. The molecule has 1 saturated carbocycles. The Morgan fingerprint density at radius 2 is 1.92 bits per heavy atom. The van der Waals surface area contributed by atoms with Crippen LogP contribution < -0.4 is 11.1 Å². The van der Waals surface area contributed by atoms with Crippen molar-refractivity contribution in [3.8, 4) is 0 Å². The van der Waals surface area contributed by atoms with Gasteiger partial charge in [-0.25, -0.2) is 4.39 Å². The fraction of sp³-hybridized carbons (Fsp3) is 0.278. The van der Waals surface area contributed by atoms with E-state index in [0.717, 1.165) is 35.0 Å². The fourth-order valence-electron chi connectivity index (χ4n) is 3.06. The van der Waals surface area contributed by atoms with Crippen molar-refractivity contribution in [3.05, 3.63) is 51.8 Å². The molecule has 3 N–H and O–H groups in total. The summed E-state index contributed by atoms with van der Waals surface area (Å²) in [6.45, 7) is 3.80. The summed E-state index contributed by atoms with van der Waals surface area (Å²) in [6, 6.07) is 6.26.